The van der Waals surface area contributed by atoms with E-state index < -0.39 is 0 Å². The third kappa shape index (κ3) is 4.81. The first kappa shape index (κ1) is 17.0. The number of rotatable bonds is 6. The summed E-state index contributed by atoms with van der Waals surface area (Å²) in [5.74, 6) is 0. The lowest BCUT2D eigenvalue weighted by atomic mass is 9.89. The lowest BCUT2D eigenvalue weighted by Gasteiger charge is -2.41. The van der Waals surface area contributed by atoms with Crippen LogP contribution in [0.2, 0.25) is 0 Å². The zero-order chi connectivity index (χ0) is 15.9. The fourth-order valence-corrected chi connectivity index (χ4v) is 4.35. The van der Waals surface area contributed by atoms with Crippen molar-refractivity contribution in [3.05, 3.63) is 35.9 Å². The molecule has 2 heteroatoms. The van der Waals surface area contributed by atoms with Crippen LogP contribution >= 0.6 is 0 Å². The molecule has 0 saturated heterocycles. The Bertz CT molecular complexity index is 416. The van der Waals surface area contributed by atoms with Crippen molar-refractivity contribution in [2.24, 2.45) is 0 Å². The van der Waals surface area contributed by atoms with Gasteiger partial charge >= 0.3 is 0 Å². The summed E-state index contributed by atoms with van der Waals surface area (Å²) >= 11 is 0. The van der Waals surface area contributed by atoms with Crippen LogP contribution in [-0.2, 0) is 4.74 Å². The minimum Gasteiger partial charge on any atom is -0.358 e. The highest BCUT2D eigenvalue weighted by molar-refractivity contribution is 5.16. The quantitative estimate of drug-likeness (QED) is 0.625. The van der Waals surface area contributed by atoms with Crippen molar-refractivity contribution >= 4 is 0 Å². The molecule has 0 spiro atoms. The molecule has 3 rings (SSSR count). The van der Waals surface area contributed by atoms with Crippen LogP contribution in [0.25, 0.3) is 0 Å². The molecule has 0 aliphatic heterocycles. The van der Waals surface area contributed by atoms with Crippen molar-refractivity contribution in [2.45, 2.75) is 89.3 Å². The Kier molecular flexibility index (Phi) is 6.53. The van der Waals surface area contributed by atoms with Crippen molar-refractivity contribution in [1.82, 2.24) is 4.90 Å². The first-order valence-electron chi connectivity index (χ1n) is 9.77. The van der Waals surface area contributed by atoms with Gasteiger partial charge in [0, 0.05) is 12.1 Å². The zero-order valence-corrected chi connectivity index (χ0v) is 14.8. The van der Waals surface area contributed by atoms with Gasteiger partial charge in [0.2, 0.25) is 0 Å². The number of nitrogens with zero attached hydrogens (tertiary/aromatic N) is 1. The normalized spacial score (nSPS) is 22.3. The molecule has 0 amide bonds. The van der Waals surface area contributed by atoms with Crippen molar-refractivity contribution in [3.8, 4) is 0 Å². The van der Waals surface area contributed by atoms with Gasteiger partial charge in [-0.15, -0.1) is 0 Å². The zero-order valence-electron chi connectivity index (χ0n) is 14.8. The van der Waals surface area contributed by atoms with Crippen LogP contribution < -0.4 is 0 Å². The SMILES string of the molecule is CC(OCN(C1CCCCC1)C1CCCCC1)c1ccccc1. The summed E-state index contributed by atoms with van der Waals surface area (Å²) in [6.45, 7) is 3.00. The van der Waals surface area contributed by atoms with Crippen molar-refractivity contribution < 1.29 is 4.74 Å². The summed E-state index contributed by atoms with van der Waals surface area (Å²) in [4.78, 5) is 2.73. The number of hydrogen-bond donors (Lipinski definition) is 0. The molecule has 1 unspecified atom stereocenters. The second kappa shape index (κ2) is 8.84. The average molecular weight is 316 g/mol. The second-order valence-corrected chi connectivity index (χ2v) is 7.45. The smallest absolute Gasteiger partial charge is 0.100 e. The van der Waals surface area contributed by atoms with Gasteiger partial charge in [-0.1, -0.05) is 68.9 Å². The van der Waals surface area contributed by atoms with Crippen LogP contribution in [0.5, 0.6) is 0 Å². The molecular weight excluding hydrogens is 282 g/mol. The maximum Gasteiger partial charge on any atom is 0.100 e. The Morgan fingerprint density at radius 1 is 0.870 bits per heavy atom. The van der Waals surface area contributed by atoms with Gasteiger partial charge in [-0.25, -0.2) is 0 Å². The minimum absolute atomic E-state index is 0.186. The molecule has 1 aromatic carbocycles. The molecule has 2 saturated carbocycles. The topological polar surface area (TPSA) is 12.5 Å². The van der Waals surface area contributed by atoms with Crippen LogP contribution in [0.1, 0.15) is 82.8 Å². The molecule has 1 aromatic rings. The van der Waals surface area contributed by atoms with Crippen molar-refractivity contribution in [2.75, 3.05) is 6.73 Å². The molecule has 1 atom stereocenters. The standard InChI is InChI=1S/C21H33NO/c1-18(19-11-5-2-6-12-19)23-17-22(20-13-7-3-8-14-20)21-15-9-4-10-16-21/h2,5-6,11-12,18,20-21H,3-4,7-10,13-17H2,1H3. The highest BCUT2D eigenvalue weighted by Gasteiger charge is 2.29. The summed E-state index contributed by atoms with van der Waals surface area (Å²) in [6, 6.07) is 12.2. The largest absolute Gasteiger partial charge is 0.358 e. The highest BCUT2D eigenvalue weighted by atomic mass is 16.5. The number of hydrogen-bond acceptors (Lipinski definition) is 2. The first-order chi connectivity index (χ1) is 11.3. The van der Waals surface area contributed by atoms with Gasteiger partial charge in [-0.2, -0.15) is 0 Å². The monoisotopic (exact) mass is 315 g/mol. The van der Waals surface area contributed by atoms with Gasteiger partial charge in [0.1, 0.15) is 6.73 Å². The van der Waals surface area contributed by atoms with Gasteiger partial charge in [-0.05, 0) is 38.2 Å². The first-order valence-corrected chi connectivity index (χ1v) is 9.77. The molecule has 0 aromatic heterocycles. The lowest BCUT2D eigenvalue weighted by Crippen LogP contribution is -2.46. The van der Waals surface area contributed by atoms with E-state index in [4.69, 9.17) is 4.74 Å². The summed E-state index contributed by atoms with van der Waals surface area (Å²) < 4.78 is 6.32. The Morgan fingerprint density at radius 2 is 1.39 bits per heavy atom. The third-order valence-corrected chi connectivity index (χ3v) is 5.83. The summed E-state index contributed by atoms with van der Waals surface area (Å²) in [5, 5.41) is 0. The fourth-order valence-electron chi connectivity index (χ4n) is 4.35. The minimum atomic E-state index is 0.186. The molecule has 128 valence electrons. The molecule has 0 bridgehead atoms. The van der Waals surface area contributed by atoms with Crippen LogP contribution in [0.15, 0.2) is 30.3 Å². The summed E-state index contributed by atoms with van der Waals surface area (Å²) in [6.07, 6.45) is 14.2. The van der Waals surface area contributed by atoms with E-state index in [0.29, 0.717) is 0 Å². The Labute approximate surface area is 142 Å². The van der Waals surface area contributed by atoms with Gasteiger partial charge in [0.05, 0.1) is 6.10 Å². The van der Waals surface area contributed by atoms with Crippen molar-refractivity contribution in [3.63, 3.8) is 0 Å². The van der Waals surface area contributed by atoms with E-state index >= 15 is 0 Å². The van der Waals surface area contributed by atoms with Gasteiger partial charge in [-0.3, -0.25) is 4.90 Å². The Hall–Kier alpha value is -0.860. The summed E-state index contributed by atoms with van der Waals surface area (Å²) in [5.41, 5.74) is 1.29. The molecule has 23 heavy (non-hydrogen) atoms. The predicted molar refractivity (Wildman–Crippen MR) is 96.4 cm³/mol. The number of ether oxygens (including phenoxy) is 1. The summed E-state index contributed by atoms with van der Waals surface area (Å²) in [7, 11) is 0. The fraction of sp³-hybridized carbons (Fsp3) is 0.714. The average Bonchev–Trinajstić information content (AvgIpc) is 2.64. The molecule has 0 N–H and O–H groups in total. The molecule has 2 aliphatic carbocycles. The maximum absolute atomic E-state index is 6.32. The van der Waals surface area contributed by atoms with E-state index in [1.54, 1.807) is 0 Å². The van der Waals surface area contributed by atoms with E-state index in [1.165, 1.54) is 69.8 Å². The molecule has 2 fully saturated rings. The van der Waals surface area contributed by atoms with Gasteiger partial charge < -0.3 is 4.74 Å². The van der Waals surface area contributed by atoms with Crippen LogP contribution in [0.3, 0.4) is 0 Å². The van der Waals surface area contributed by atoms with E-state index in [2.05, 4.69) is 42.2 Å². The Balaban J connectivity index is 1.60. The molecule has 0 heterocycles. The molecular formula is C21H33NO. The maximum atomic E-state index is 6.32. The third-order valence-electron chi connectivity index (χ3n) is 5.83. The van der Waals surface area contributed by atoms with Crippen LogP contribution in [0, 0.1) is 0 Å². The van der Waals surface area contributed by atoms with E-state index in [0.717, 1.165) is 18.8 Å². The highest BCUT2D eigenvalue weighted by Crippen LogP contribution is 2.30. The molecule has 2 aliphatic rings. The van der Waals surface area contributed by atoms with Gasteiger partial charge in [0.25, 0.3) is 0 Å². The van der Waals surface area contributed by atoms with E-state index in [1.807, 2.05) is 0 Å². The number of benzene rings is 1. The Morgan fingerprint density at radius 3 is 1.91 bits per heavy atom. The molecule has 2 nitrogen and oxygen atoms in total. The predicted octanol–water partition coefficient (Wildman–Crippen LogP) is 5.69. The lowest BCUT2D eigenvalue weighted by molar-refractivity contribution is -0.0662. The van der Waals surface area contributed by atoms with Crippen LogP contribution in [-0.4, -0.2) is 23.7 Å². The van der Waals surface area contributed by atoms with Crippen molar-refractivity contribution in [1.29, 1.82) is 0 Å². The van der Waals surface area contributed by atoms with E-state index in [-0.39, 0.29) is 6.10 Å². The van der Waals surface area contributed by atoms with E-state index in [9.17, 15) is 0 Å². The van der Waals surface area contributed by atoms with Gasteiger partial charge in [0.15, 0.2) is 0 Å². The second-order valence-electron chi connectivity index (χ2n) is 7.45. The van der Waals surface area contributed by atoms with Crippen LogP contribution in [0.4, 0.5) is 0 Å². The molecule has 0 radical (unpaired) electrons.